The number of carbonyl (C=O) groups excluding carboxylic acids is 1. The van der Waals surface area contributed by atoms with Crippen LogP contribution in [0.3, 0.4) is 0 Å². The van der Waals surface area contributed by atoms with Crippen LogP contribution in [0.2, 0.25) is 0 Å². The number of amides is 1. The summed E-state index contributed by atoms with van der Waals surface area (Å²) >= 11 is 3.01. The van der Waals surface area contributed by atoms with Crippen molar-refractivity contribution >= 4 is 29.0 Å². The van der Waals surface area contributed by atoms with Gasteiger partial charge in [0.1, 0.15) is 5.51 Å². The highest BCUT2D eigenvalue weighted by Crippen LogP contribution is 2.28. The first-order valence-corrected chi connectivity index (χ1v) is 6.33. The molecule has 1 saturated heterocycles. The van der Waals surface area contributed by atoms with Gasteiger partial charge in [-0.05, 0) is 12.8 Å². The zero-order valence-corrected chi connectivity index (χ0v) is 9.24. The highest BCUT2D eigenvalue weighted by atomic mass is 32.2. The molecule has 1 aliphatic heterocycles. The van der Waals surface area contributed by atoms with Crippen molar-refractivity contribution in [3.05, 3.63) is 5.51 Å². The number of thioether (sulfide) groups is 1. The summed E-state index contributed by atoms with van der Waals surface area (Å²) in [5, 5.41) is 10.6. The Kier molecular flexibility index (Phi) is 3.36. The summed E-state index contributed by atoms with van der Waals surface area (Å²) in [6.45, 7) is 0.812. The molecule has 1 unspecified atom stereocenters. The molecule has 0 saturated carbocycles. The molecule has 0 aromatic carbocycles. The molecule has 1 aromatic heterocycles. The molecule has 2 rings (SSSR count). The van der Waals surface area contributed by atoms with Crippen LogP contribution in [0.5, 0.6) is 0 Å². The molecule has 0 radical (unpaired) electrons. The van der Waals surface area contributed by atoms with E-state index in [9.17, 15) is 4.79 Å². The molecule has 1 N–H and O–H groups in total. The SMILES string of the molecule is O=C1NCCCCC1Sc1nncs1. The predicted octanol–water partition coefficient (Wildman–Crippen LogP) is 1.30. The maximum absolute atomic E-state index is 11.6. The third kappa shape index (κ3) is 2.45. The van der Waals surface area contributed by atoms with Crippen LogP contribution in [0.15, 0.2) is 9.85 Å². The van der Waals surface area contributed by atoms with Crippen LogP contribution in [0.25, 0.3) is 0 Å². The Labute approximate surface area is 90.5 Å². The minimum absolute atomic E-state index is 0.0189. The molecule has 0 bridgehead atoms. The lowest BCUT2D eigenvalue weighted by molar-refractivity contribution is -0.120. The smallest absolute Gasteiger partial charge is 0.233 e. The molecule has 0 aliphatic carbocycles. The Bertz CT molecular complexity index is 302. The minimum Gasteiger partial charge on any atom is -0.355 e. The lowest BCUT2D eigenvalue weighted by Crippen LogP contribution is -2.30. The van der Waals surface area contributed by atoms with Crippen LogP contribution in [-0.2, 0) is 4.79 Å². The van der Waals surface area contributed by atoms with Gasteiger partial charge in [0.15, 0.2) is 4.34 Å². The molecule has 1 atom stereocenters. The van der Waals surface area contributed by atoms with Crippen molar-refractivity contribution in [2.24, 2.45) is 0 Å². The Morgan fingerprint density at radius 3 is 3.29 bits per heavy atom. The van der Waals surface area contributed by atoms with E-state index in [-0.39, 0.29) is 11.2 Å². The highest BCUT2D eigenvalue weighted by Gasteiger charge is 2.22. The van der Waals surface area contributed by atoms with Gasteiger partial charge in [0.05, 0.1) is 5.25 Å². The van der Waals surface area contributed by atoms with Gasteiger partial charge < -0.3 is 5.32 Å². The van der Waals surface area contributed by atoms with Crippen molar-refractivity contribution in [3.63, 3.8) is 0 Å². The number of aromatic nitrogens is 2. The first-order valence-electron chi connectivity index (χ1n) is 4.57. The van der Waals surface area contributed by atoms with Gasteiger partial charge >= 0.3 is 0 Å². The summed E-state index contributed by atoms with van der Waals surface area (Å²) < 4.78 is 0.882. The summed E-state index contributed by atoms with van der Waals surface area (Å²) in [6.07, 6.45) is 3.13. The molecule has 1 fully saturated rings. The lowest BCUT2D eigenvalue weighted by Gasteiger charge is -2.09. The summed E-state index contributed by atoms with van der Waals surface area (Å²) in [5.41, 5.74) is 1.69. The van der Waals surface area contributed by atoms with Crippen molar-refractivity contribution in [3.8, 4) is 0 Å². The van der Waals surface area contributed by atoms with Gasteiger partial charge in [0.2, 0.25) is 5.91 Å². The van der Waals surface area contributed by atoms with Crippen LogP contribution >= 0.6 is 23.1 Å². The summed E-state index contributed by atoms with van der Waals surface area (Å²) in [5.74, 6) is 0.141. The topological polar surface area (TPSA) is 54.9 Å². The normalized spacial score (nSPS) is 22.9. The number of carbonyl (C=O) groups is 1. The molecule has 0 spiro atoms. The second kappa shape index (κ2) is 4.75. The summed E-state index contributed by atoms with van der Waals surface area (Å²) in [4.78, 5) is 11.6. The van der Waals surface area contributed by atoms with Gasteiger partial charge in [-0.1, -0.05) is 29.5 Å². The second-order valence-corrected chi connectivity index (χ2v) is 5.38. The molecule has 6 heteroatoms. The van der Waals surface area contributed by atoms with Gasteiger partial charge in [-0.25, -0.2) is 0 Å². The zero-order valence-electron chi connectivity index (χ0n) is 7.60. The third-order valence-electron chi connectivity index (χ3n) is 2.07. The van der Waals surface area contributed by atoms with E-state index in [4.69, 9.17) is 0 Å². The van der Waals surface area contributed by atoms with Crippen molar-refractivity contribution in [2.75, 3.05) is 6.54 Å². The average molecular weight is 229 g/mol. The molecular weight excluding hydrogens is 218 g/mol. The van der Waals surface area contributed by atoms with Crippen LogP contribution < -0.4 is 5.32 Å². The summed E-state index contributed by atoms with van der Waals surface area (Å²) in [6, 6.07) is 0. The van der Waals surface area contributed by atoms with Gasteiger partial charge in [-0.3, -0.25) is 4.79 Å². The van der Waals surface area contributed by atoms with E-state index in [1.54, 1.807) is 5.51 Å². The van der Waals surface area contributed by atoms with Gasteiger partial charge in [0.25, 0.3) is 0 Å². The molecule has 14 heavy (non-hydrogen) atoms. The van der Waals surface area contributed by atoms with Crippen LogP contribution in [-0.4, -0.2) is 27.9 Å². The van der Waals surface area contributed by atoms with Crippen LogP contribution in [0.1, 0.15) is 19.3 Å². The van der Waals surface area contributed by atoms with Crippen molar-refractivity contribution in [2.45, 2.75) is 28.9 Å². The summed E-state index contributed by atoms with van der Waals surface area (Å²) in [7, 11) is 0. The minimum atomic E-state index is 0.0189. The van der Waals surface area contributed by atoms with Crippen LogP contribution in [0.4, 0.5) is 0 Å². The van der Waals surface area contributed by atoms with E-state index in [0.29, 0.717) is 0 Å². The van der Waals surface area contributed by atoms with E-state index < -0.39 is 0 Å². The maximum Gasteiger partial charge on any atom is 0.233 e. The van der Waals surface area contributed by atoms with E-state index in [1.165, 1.54) is 23.1 Å². The number of nitrogens with zero attached hydrogens (tertiary/aromatic N) is 2. The van der Waals surface area contributed by atoms with E-state index >= 15 is 0 Å². The quantitative estimate of drug-likeness (QED) is 0.830. The zero-order chi connectivity index (χ0) is 9.80. The number of hydrogen-bond acceptors (Lipinski definition) is 5. The fourth-order valence-electron chi connectivity index (χ4n) is 1.36. The monoisotopic (exact) mass is 229 g/mol. The van der Waals surface area contributed by atoms with Gasteiger partial charge in [-0.15, -0.1) is 10.2 Å². The van der Waals surface area contributed by atoms with E-state index in [0.717, 1.165) is 30.1 Å². The fourth-order valence-corrected chi connectivity index (χ4v) is 3.15. The Hall–Kier alpha value is -0.620. The van der Waals surface area contributed by atoms with Crippen molar-refractivity contribution in [1.82, 2.24) is 15.5 Å². The first kappa shape index (κ1) is 9.92. The third-order valence-corrected chi connectivity index (χ3v) is 4.15. The van der Waals surface area contributed by atoms with Gasteiger partial charge in [0, 0.05) is 6.54 Å². The van der Waals surface area contributed by atoms with Crippen LogP contribution in [0, 0.1) is 0 Å². The maximum atomic E-state index is 11.6. The molecule has 4 nitrogen and oxygen atoms in total. The highest BCUT2D eigenvalue weighted by molar-refractivity contribution is 8.02. The molecular formula is C8H11N3OS2. The number of rotatable bonds is 2. The Morgan fingerprint density at radius 1 is 1.57 bits per heavy atom. The van der Waals surface area contributed by atoms with Crippen molar-refractivity contribution < 1.29 is 4.79 Å². The lowest BCUT2D eigenvalue weighted by atomic mass is 10.2. The standard InChI is InChI=1S/C8H11N3OS2/c12-7-6(3-1-2-4-9-7)14-8-11-10-5-13-8/h5-6H,1-4H2,(H,9,12). The Balaban J connectivity index is 1.98. The van der Waals surface area contributed by atoms with Gasteiger partial charge in [-0.2, -0.15) is 0 Å². The molecule has 2 heterocycles. The molecule has 1 aliphatic rings. The molecule has 76 valence electrons. The van der Waals surface area contributed by atoms with Crippen molar-refractivity contribution in [1.29, 1.82) is 0 Å². The molecule has 1 amide bonds. The van der Waals surface area contributed by atoms with E-state index in [1.807, 2.05) is 0 Å². The number of nitrogens with one attached hydrogen (secondary N) is 1. The Morgan fingerprint density at radius 2 is 2.50 bits per heavy atom. The number of hydrogen-bond donors (Lipinski definition) is 1. The molecule has 1 aromatic rings. The first-order chi connectivity index (χ1) is 6.86. The predicted molar refractivity (Wildman–Crippen MR) is 56.4 cm³/mol. The average Bonchev–Trinajstić information content (AvgIpc) is 2.60. The largest absolute Gasteiger partial charge is 0.355 e. The van der Waals surface area contributed by atoms with E-state index in [2.05, 4.69) is 15.5 Å². The fraction of sp³-hybridized carbons (Fsp3) is 0.625. The second-order valence-electron chi connectivity index (χ2n) is 3.10.